The highest BCUT2D eigenvalue weighted by Gasteiger charge is 1.95. The Morgan fingerprint density at radius 2 is 1.94 bits per heavy atom. The highest BCUT2D eigenvalue weighted by atomic mass is 14.9. The Hall–Kier alpha value is -2.03. The molecule has 0 saturated heterocycles. The van der Waals surface area contributed by atoms with Crippen molar-refractivity contribution >= 4 is 11.4 Å². The monoisotopic (exact) mass is 213 g/mol. The molecule has 1 aromatic carbocycles. The van der Waals surface area contributed by atoms with E-state index in [-0.39, 0.29) is 0 Å². The van der Waals surface area contributed by atoms with Crippen molar-refractivity contribution in [3.8, 4) is 0 Å². The van der Waals surface area contributed by atoms with Crippen LogP contribution in [0.2, 0.25) is 0 Å². The maximum atomic E-state index is 5.68. The predicted octanol–water partition coefficient (Wildman–Crippen LogP) is 2.58. The summed E-state index contributed by atoms with van der Waals surface area (Å²) in [6.45, 7) is 2.76. The van der Waals surface area contributed by atoms with Crippen LogP contribution in [0.1, 0.15) is 11.3 Å². The average molecular weight is 213 g/mol. The van der Waals surface area contributed by atoms with Gasteiger partial charge in [-0.15, -0.1) is 0 Å². The summed E-state index contributed by atoms with van der Waals surface area (Å²) in [5, 5.41) is 3.30. The molecule has 1 heterocycles. The zero-order valence-corrected chi connectivity index (χ0v) is 9.27. The van der Waals surface area contributed by atoms with E-state index in [9.17, 15) is 0 Å². The number of nitrogens with two attached hydrogens (primary N) is 1. The smallest absolute Gasteiger partial charge is 0.0615 e. The summed E-state index contributed by atoms with van der Waals surface area (Å²) >= 11 is 0. The van der Waals surface area contributed by atoms with E-state index in [4.69, 9.17) is 5.73 Å². The summed E-state index contributed by atoms with van der Waals surface area (Å²) in [7, 11) is 0. The molecule has 3 nitrogen and oxygen atoms in total. The number of nitrogens with zero attached hydrogens (tertiary/aromatic N) is 1. The normalized spacial score (nSPS) is 10.1. The number of anilines is 2. The number of hydrogen-bond donors (Lipinski definition) is 2. The topological polar surface area (TPSA) is 50.9 Å². The van der Waals surface area contributed by atoms with E-state index in [1.165, 1.54) is 5.56 Å². The van der Waals surface area contributed by atoms with Gasteiger partial charge >= 0.3 is 0 Å². The molecule has 0 unspecified atom stereocenters. The van der Waals surface area contributed by atoms with Gasteiger partial charge in [0.05, 0.1) is 12.2 Å². The molecule has 0 aliphatic rings. The van der Waals surface area contributed by atoms with Crippen LogP contribution in [0.5, 0.6) is 0 Å². The second-order valence-electron chi connectivity index (χ2n) is 3.80. The molecule has 0 spiro atoms. The molecule has 1 aromatic heterocycles. The van der Waals surface area contributed by atoms with E-state index >= 15 is 0 Å². The Morgan fingerprint density at radius 1 is 1.19 bits per heavy atom. The quantitative estimate of drug-likeness (QED) is 0.824. The first-order valence-electron chi connectivity index (χ1n) is 5.25. The van der Waals surface area contributed by atoms with Gasteiger partial charge in [-0.2, -0.15) is 0 Å². The van der Waals surface area contributed by atoms with E-state index < -0.39 is 0 Å². The van der Waals surface area contributed by atoms with Crippen molar-refractivity contribution in [1.82, 2.24) is 4.98 Å². The fourth-order valence-corrected chi connectivity index (χ4v) is 1.46. The first kappa shape index (κ1) is 10.5. The number of hydrogen-bond acceptors (Lipinski definition) is 3. The third kappa shape index (κ3) is 2.73. The summed E-state index contributed by atoms with van der Waals surface area (Å²) in [6, 6.07) is 11.9. The fraction of sp³-hybridized carbons (Fsp3) is 0.154. The van der Waals surface area contributed by atoms with Gasteiger partial charge in [-0.3, -0.25) is 4.98 Å². The SMILES string of the molecule is Cc1ccc(NCc2cc(N)ccn2)cc1. The molecule has 0 saturated carbocycles. The van der Waals surface area contributed by atoms with Crippen LogP contribution in [0.15, 0.2) is 42.6 Å². The van der Waals surface area contributed by atoms with Gasteiger partial charge in [-0.1, -0.05) is 17.7 Å². The molecule has 0 radical (unpaired) electrons. The van der Waals surface area contributed by atoms with Crippen molar-refractivity contribution in [2.24, 2.45) is 0 Å². The van der Waals surface area contributed by atoms with Crippen molar-refractivity contribution in [3.63, 3.8) is 0 Å². The molecule has 0 amide bonds. The summed E-state index contributed by atoms with van der Waals surface area (Å²) in [6.07, 6.45) is 1.72. The van der Waals surface area contributed by atoms with Crippen LogP contribution in [-0.4, -0.2) is 4.98 Å². The fourth-order valence-electron chi connectivity index (χ4n) is 1.46. The third-order valence-electron chi connectivity index (χ3n) is 2.37. The number of nitrogen functional groups attached to an aromatic ring is 1. The van der Waals surface area contributed by atoms with Crippen LogP contribution in [0.3, 0.4) is 0 Å². The molecular formula is C13H15N3. The molecule has 0 fully saturated rings. The van der Waals surface area contributed by atoms with Gasteiger partial charge in [0.15, 0.2) is 0 Å². The minimum atomic E-state index is 0.689. The van der Waals surface area contributed by atoms with Crippen molar-refractivity contribution in [3.05, 3.63) is 53.9 Å². The highest BCUT2D eigenvalue weighted by molar-refractivity contribution is 5.45. The lowest BCUT2D eigenvalue weighted by molar-refractivity contribution is 1.05. The first-order valence-corrected chi connectivity index (χ1v) is 5.25. The number of pyridine rings is 1. The van der Waals surface area contributed by atoms with Gasteiger partial charge in [0.1, 0.15) is 0 Å². The highest BCUT2D eigenvalue weighted by Crippen LogP contribution is 2.10. The second-order valence-corrected chi connectivity index (χ2v) is 3.80. The summed E-state index contributed by atoms with van der Waals surface area (Å²) < 4.78 is 0. The number of aromatic nitrogens is 1. The molecular weight excluding hydrogens is 198 g/mol. The van der Waals surface area contributed by atoms with E-state index in [2.05, 4.69) is 41.5 Å². The molecule has 0 atom stereocenters. The Bertz CT molecular complexity index is 463. The van der Waals surface area contributed by atoms with Crippen molar-refractivity contribution < 1.29 is 0 Å². The minimum absolute atomic E-state index is 0.689. The Labute approximate surface area is 95.3 Å². The van der Waals surface area contributed by atoms with Crippen LogP contribution in [0.25, 0.3) is 0 Å². The van der Waals surface area contributed by atoms with Crippen LogP contribution in [-0.2, 0) is 6.54 Å². The maximum Gasteiger partial charge on any atom is 0.0615 e. The van der Waals surface area contributed by atoms with Gasteiger partial charge < -0.3 is 11.1 Å². The molecule has 0 aliphatic carbocycles. The van der Waals surface area contributed by atoms with Gasteiger partial charge in [0.25, 0.3) is 0 Å². The van der Waals surface area contributed by atoms with Gasteiger partial charge in [0, 0.05) is 17.6 Å². The molecule has 16 heavy (non-hydrogen) atoms. The van der Waals surface area contributed by atoms with Crippen molar-refractivity contribution in [2.45, 2.75) is 13.5 Å². The minimum Gasteiger partial charge on any atom is -0.399 e. The van der Waals surface area contributed by atoms with E-state index in [0.29, 0.717) is 6.54 Å². The summed E-state index contributed by atoms with van der Waals surface area (Å²) in [5.41, 5.74) is 9.72. The zero-order chi connectivity index (χ0) is 11.4. The van der Waals surface area contributed by atoms with Crippen LogP contribution in [0, 0.1) is 6.92 Å². The lowest BCUT2D eigenvalue weighted by Gasteiger charge is -2.06. The zero-order valence-electron chi connectivity index (χ0n) is 9.27. The second kappa shape index (κ2) is 4.66. The third-order valence-corrected chi connectivity index (χ3v) is 2.37. The number of benzene rings is 1. The lowest BCUT2D eigenvalue weighted by Crippen LogP contribution is -2.02. The molecule has 3 N–H and O–H groups in total. The largest absolute Gasteiger partial charge is 0.399 e. The van der Waals surface area contributed by atoms with Crippen molar-refractivity contribution in [2.75, 3.05) is 11.1 Å². The molecule has 2 aromatic rings. The van der Waals surface area contributed by atoms with Crippen molar-refractivity contribution in [1.29, 1.82) is 0 Å². The number of aryl methyl sites for hydroxylation is 1. The molecule has 2 rings (SSSR count). The van der Waals surface area contributed by atoms with Gasteiger partial charge in [-0.05, 0) is 31.2 Å². The summed E-state index contributed by atoms with van der Waals surface area (Å²) in [4.78, 5) is 4.23. The predicted molar refractivity (Wildman–Crippen MR) is 67.2 cm³/mol. The average Bonchev–Trinajstić information content (AvgIpc) is 2.28. The Balaban J connectivity index is 1.99. The standard InChI is InChI=1S/C13H15N3/c1-10-2-4-12(5-3-10)16-9-13-8-11(14)6-7-15-13/h2-8,16H,9H2,1H3,(H2,14,15). The number of rotatable bonds is 3. The molecule has 0 bridgehead atoms. The summed E-state index contributed by atoms with van der Waals surface area (Å²) in [5.74, 6) is 0. The van der Waals surface area contributed by atoms with Crippen LogP contribution < -0.4 is 11.1 Å². The Morgan fingerprint density at radius 3 is 2.62 bits per heavy atom. The maximum absolute atomic E-state index is 5.68. The van der Waals surface area contributed by atoms with Crippen LogP contribution >= 0.6 is 0 Å². The Kier molecular flexibility index (Phi) is 3.05. The molecule has 82 valence electrons. The van der Waals surface area contributed by atoms with E-state index in [1.54, 1.807) is 12.3 Å². The van der Waals surface area contributed by atoms with Crippen LogP contribution in [0.4, 0.5) is 11.4 Å². The first-order chi connectivity index (χ1) is 7.74. The van der Waals surface area contributed by atoms with Gasteiger partial charge in [0.2, 0.25) is 0 Å². The van der Waals surface area contributed by atoms with E-state index in [0.717, 1.165) is 17.1 Å². The van der Waals surface area contributed by atoms with E-state index in [1.807, 2.05) is 6.07 Å². The lowest BCUT2D eigenvalue weighted by atomic mass is 10.2. The number of nitrogens with one attached hydrogen (secondary N) is 1. The molecule has 0 aliphatic heterocycles. The van der Waals surface area contributed by atoms with Gasteiger partial charge in [-0.25, -0.2) is 0 Å². The molecule has 3 heteroatoms.